The van der Waals surface area contributed by atoms with E-state index in [9.17, 15) is 9.59 Å². The van der Waals surface area contributed by atoms with E-state index in [-0.39, 0.29) is 23.3 Å². The Morgan fingerprint density at radius 3 is 2.38 bits per heavy atom. The number of amides is 2. The summed E-state index contributed by atoms with van der Waals surface area (Å²) in [4.78, 5) is 26.0. The van der Waals surface area contributed by atoms with Crippen molar-refractivity contribution in [2.24, 2.45) is 11.3 Å². The quantitative estimate of drug-likeness (QED) is 0.830. The van der Waals surface area contributed by atoms with Gasteiger partial charge in [-0.25, -0.2) is 4.79 Å². The Morgan fingerprint density at radius 1 is 1.14 bits per heavy atom. The van der Waals surface area contributed by atoms with Crippen molar-refractivity contribution in [3.63, 3.8) is 0 Å². The van der Waals surface area contributed by atoms with Gasteiger partial charge in [-0.15, -0.1) is 0 Å². The van der Waals surface area contributed by atoms with Gasteiger partial charge in [-0.1, -0.05) is 45.0 Å². The highest BCUT2D eigenvalue weighted by Crippen LogP contribution is 2.52. The molecular formula is C24H34N2O3. The summed E-state index contributed by atoms with van der Waals surface area (Å²) in [7, 11) is 1.37. The van der Waals surface area contributed by atoms with E-state index in [1.54, 1.807) is 0 Å². The third-order valence-corrected chi connectivity index (χ3v) is 7.31. The second kappa shape index (κ2) is 7.33. The molecule has 0 aromatic heterocycles. The Hall–Kier alpha value is -2.04. The number of hydrogen-bond donors (Lipinski definition) is 1. The lowest BCUT2D eigenvalue weighted by molar-refractivity contribution is -0.151. The summed E-state index contributed by atoms with van der Waals surface area (Å²) in [6, 6.07) is 9.28. The molecule has 0 bridgehead atoms. The molecule has 2 aliphatic carbocycles. The van der Waals surface area contributed by atoms with Crippen LogP contribution < -0.4 is 5.32 Å². The third kappa shape index (κ3) is 4.01. The summed E-state index contributed by atoms with van der Waals surface area (Å²) in [5.74, 6) is 0.965. The minimum absolute atomic E-state index is 0.0663. The normalized spacial score (nSPS) is 27.9. The van der Waals surface area contributed by atoms with Gasteiger partial charge in [-0.05, 0) is 54.6 Å². The minimum atomic E-state index is -0.406. The van der Waals surface area contributed by atoms with Gasteiger partial charge in [0.05, 0.1) is 7.11 Å². The van der Waals surface area contributed by atoms with Crippen molar-refractivity contribution in [2.45, 2.75) is 70.3 Å². The number of nitrogens with zero attached hydrogens (tertiary/aromatic N) is 1. The predicted octanol–water partition coefficient (Wildman–Crippen LogP) is 4.21. The molecule has 5 nitrogen and oxygen atoms in total. The van der Waals surface area contributed by atoms with Crippen LogP contribution in [0.1, 0.15) is 69.9 Å². The lowest BCUT2D eigenvalue weighted by Crippen LogP contribution is -2.61. The van der Waals surface area contributed by atoms with E-state index in [0.717, 1.165) is 25.9 Å². The molecule has 1 unspecified atom stereocenters. The molecule has 2 saturated carbocycles. The van der Waals surface area contributed by atoms with Gasteiger partial charge in [-0.2, -0.15) is 0 Å². The molecule has 1 N–H and O–H groups in total. The predicted molar refractivity (Wildman–Crippen MR) is 113 cm³/mol. The maximum atomic E-state index is 12.7. The Labute approximate surface area is 174 Å². The van der Waals surface area contributed by atoms with E-state index in [0.29, 0.717) is 11.3 Å². The highest BCUT2D eigenvalue weighted by Gasteiger charge is 2.51. The highest BCUT2D eigenvalue weighted by molar-refractivity contribution is 5.81. The van der Waals surface area contributed by atoms with Crippen molar-refractivity contribution in [3.8, 4) is 0 Å². The molecule has 1 aliphatic heterocycles. The van der Waals surface area contributed by atoms with Gasteiger partial charge in [0.1, 0.15) is 0 Å². The lowest BCUT2D eigenvalue weighted by atomic mass is 9.73. The standard InChI is InChI=1S/C24H34N2O3/c1-23(2,3)19-7-5-16(6-8-19)17-9-10-24(13-17)14-26(15-24)21(27)18-11-20(12-18)25-22(28)29-4/h5-8,17-18,20H,9-15H2,1-4H3,(H,25,28). The van der Waals surface area contributed by atoms with Gasteiger partial charge in [0.25, 0.3) is 0 Å². The molecule has 1 saturated heterocycles. The first-order valence-corrected chi connectivity index (χ1v) is 10.9. The summed E-state index contributed by atoms with van der Waals surface area (Å²) in [5, 5.41) is 2.78. The molecule has 1 aromatic carbocycles. The number of methoxy groups -OCH3 is 1. The van der Waals surface area contributed by atoms with Crippen LogP contribution in [0, 0.1) is 11.3 Å². The first kappa shape index (κ1) is 20.2. The maximum absolute atomic E-state index is 12.7. The lowest BCUT2D eigenvalue weighted by Gasteiger charge is -2.51. The van der Waals surface area contributed by atoms with Crippen LogP contribution in [-0.4, -0.2) is 43.1 Å². The van der Waals surface area contributed by atoms with E-state index in [1.807, 2.05) is 4.90 Å². The molecule has 2 amide bonds. The maximum Gasteiger partial charge on any atom is 0.407 e. The minimum Gasteiger partial charge on any atom is -0.453 e. The average Bonchev–Trinajstić information content (AvgIpc) is 3.07. The molecule has 3 fully saturated rings. The van der Waals surface area contributed by atoms with Crippen LogP contribution in [0.15, 0.2) is 24.3 Å². The van der Waals surface area contributed by atoms with Gasteiger partial charge in [0.15, 0.2) is 0 Å². The number of ether oxygens (including phenoxy) is 1. The van der Waals surface area contributed by atoms with Crippen molar-refractivity contribution in [2.75, 3.05) is 20.2 Å². The summed E-state index contributed by atoms with van der Waals surface area (Å²) in [5.41, 5.74) is 3.36. The molecule has 1 heterocycles. The number of hydrogen-bond acceptors (Lipinski definition) is 3. The van der Waals surface area contributed by atoms with E-state index in [4.69, 9.17) is 0 Å². The van der Waals surface area contributed by atoms with Gasteiger partial charge in [0, 0.05) is 30.5 Å². The van der Waals surface area contributed by atoms with Crippen LogP contribution >= 0.6 is 0 Å². The first-order chi connectivity index (χ1) is 13.7. The third-order valence-electron chi connectivity index (χ3n) is 7.31. The fraction of sp³-hybridized carbons (Fsp3) is 0.667. The molecule has 3 aliphatic rings. The zero-order valence-electron chi connectivity index (χ0n) is 18.2. The Kier molecular flexibility index (Phi) is 5.12. The monoisotopic (exact) mass is 398 g/mol. The number of benzene rings is 1. The van der Waals surface area contributed by atoms with E-state index in [2.05, 4.69) is 55.1 Å². The van der Waals surface area contributed by atoms with Crippen LogP contribution in [-0.2, 0) is 14.9 Å². The van der Waals surface area contributed by atoms with E-state index < -0.39 is 6.09 Å². The Balaban J connectivity index is 1.26. The second-order valence-corrected chi connectivity index (χ2v) is 10.5. The molecule has 1 spiro atoms. The van der Waals surface area contributed by atoms with Gasteiger partial charge < -0.3 is 15.0 Å². The highest BCUT2D eigenvalue weighted by atomic mass is 16.5. The number of rotatable bonds is 3. The van der Waals surface area contributed by atoms with Gasteiger partial charge in [0.2, 0.25) is 5.91 Å². The first-order valence-electron chi connectivity index (χ1n) is 10.9. The largest absolute Gasteiger partial charge is 0.453 e. The van der Waals surface area contributed by atoms with Gasteiger partial charge in [-0.3, -0.25) is 4.79 Å². The van der Waals surface area contributed by atoms with Crippen molar-refractivity contribution in [1.82, 2.24) is 10.2 Å². The number of nitrogens with one attached hydrogen (secondary N) is 1. The van der Waals surface area contributed by atoms with Gasteiger partial charge >= 0.3 is 6.09 Å². The SMILES string of the molecule is COC(=O)NC1CC(C(=O)N2CC3(CCC(c4ccc(C(C)(C)C)cc4)C3)C2)C1. The van der Waals surface area contributed by atoms with Crippen molar-refractivity contribution >= 4 is 12.0 Å². The Morgan fingerprint density at radius 2 is 1.79 bits per heavy atom. The summed E-state index contributed by atoms with van der Waals surface area (Å²) < 4.78 is 4.62. The topological polar surface area (TPSA) is 58.6 Å². The molecule has 1 aromatic rings. The van der Waals surface area contributed by atoms with Crippen LogP contribution in [0.5, 0.6) is 0 Å². The summed E-state index contributed by atoms with van der Waals surface area (Å²) in [6.07, 6.45) is 4.71. The average molecular weight is 399 g/mol. The zero-order chi connectivity index (χ0) is 20.8. The number of carbonyl (C=O) groups is 2. The van der Waals surface area contributed by atoms with Crippen LogP contribution in [0.4, 0.5) is 4.79 Å². The van der Waals surface area contributed by atoms with E-state index >= 15 is 0 Å². The number of likely N-dealkylation sites (tertiary alicyclic amines) is 1. The molecule has 4 rings (SSSR count). The van der Waals surface area contributed by atoms with Crippen molar-refractivity contribution < 1.29 is 14.3 Å². The summed E-state index contributed by atoms with van der Waals surface area (Å²) >= 11 is 0. The smallest absolute Gasteiger partial charge is 0.407 e. The zero-order valence-corrected chi connectivity index (χ0v) is 18.2. The van der Waals surface area contributed by atoms with Crippen molar-refractivity contribution in [3.05, 3.63) is 35.4 Å². The molecule has 1 atom stereocenters. The summed E-state index contributed by atoms with van der Waals surface area (Å²) in [6.45, 7) is 8.58. The molecule has 5 heteroatoms. The van der Waals surface area contributed by atoms with Crippen LogP contribution in [0.3, 0.4) is 0 Å². The molecule has 0 radical (unpaired) electrons. The van der Waals surface area contributed by atoms with Crippen molar-refractivity contribution in [1.29, 1.82) is 0 Å². The Bertz CT molecular complexity index is 768. The van der Waals surface area contributed by atoms with Crippen LogP contribution in [0.25, 0.3) is 0 Å². The second-order valence-electron chi connectivity index (χ2n) is 10.5. The molecule has 29 heavy (non-hydrogen) atoms. The number of carbonyl (C=O) groups excluding carboxylic acids is 2. The van der Waals surface area contributed by atoms with Crippen LogP contribution in [0.2, 0.25) is 0 Å². The van der Waals surface area contributed by atoms with E-state index in [1.165, 1.54) is 37.5 Å². The fourth-order valence-corrected chi connectivity index (χ4v) is 5.37. The fourth-order valence-electron chi connectivity index (χ4n) is 5.37. The molecule has 158 valence electrons. The number of alkyl carbamates (subject to hydrolysis) is 1. The molecular weight excluding hydrogens is 364 g/mol.